The first-order valence-electron chi connectivity index (χ1n) is 6.34. The summed E-state index contributed by atoms with van der Waals surface area (Å²) in [6.07, 6.45) is 0. The van der Waals surface area contributed by atoms with Crippen LogP contribution in [-0.2, 0) is 0 Å². The van der Waals surface area contributed by atoms with Crippen LogP contribution in [0, 0.1) is 6.92 Å². The van der Waals surface area contributed by atoms with Gasteiger partial charge in [-0.25, -0.2) is 0 Å². The molecule has 0 fully saturated rings. The Morgan fingerprint density at radius 1 is 0.750 bits per heavy atom. The van der Waals surface area contributed by atoms with Crippen LogP contribution < -0.4 is 0 Å². The van der Waals surface area contributed by atoms with Gasteiger partial charge in [-0.2, -0.15) is 12.5 Å². The quantitative estimate of drug-likeness (QED) is 0.607. The second-order valence-electron chi connectivity index (χ2n) is 5.64. The lowest BCUT2D eigenvalue weighted by Crippen LogP contribution is -2.03. The first-order valence-corrected chi connectivity index (χ1v) is 6.34. The maximum Gasteiger partial charge on any atom is -0.0239 e. The van der Waals surface area contributed by atoms with Gasteiger partial charge < -0.3 is 0 Å². The van der Waals surface area contributed by atoms with E-state index >= 15 is 0 Å². The highest BCUT2D eigenvalue weighted by Gasteiger charge is 2.07. The summed E-state index contributed by atoms with van der Waals surface area (Å²) in [4.78, 5) is 0. The average molecular weight is 217 g/mol. The van der Waals surface area contributed by atoms with Crippen LogP contribution in [0.3, 0.4) is 0 Å². The first kappa shape index (κ1) is 13.2. The van der Waals surface area contributed by atoms with E-state index < -0.39 is 0 Å². The fourth-order valence-corrected chi connectivity index (χ4v) is 2.11. The minimum absolute atomic E-state index is 0.559. The Bertz CT molecular complexity index is 327. The molecular formula is C16H25-. The zero-order chi connectivity index (χ0) is 12.5. The Hall–Kier alpha value is -0.910. The number of hydrogen-bond acceptors (Lipinski definition) is 0. The molecule has 0 atom stereocenters. The molecule has 0 unspecified atom stereocenters. The monoisotopic (exact) mass is 217 g/mol. The van der Waals surface area contributed by atoms with Gasteiger partial charge in [-0.3, -0.25) is 0 Å². The zero-order valence-corrected chi connectivity index (χ0v) is 11.6. The van der Waals surface area contributed by atoms with Crippen molar-refractivity contribution in [3.8, 4) is 0 Å². The van der Waals surface area contributed by atoms with Crippen LogP contribution in [0.2, 0.25) is 0 Å². The van der Waals surface area contributed by atoms with Crippen LogP contribution in [0.4, 0.5) is 0 Å². The predicted molar refractivity (Wildman–Crippen MR) is 73.2 cm³/mol. The van der Waals surface area contributed by atoms with Crippen LogP contribution in [0.5, 0.6) is 0 Å². The third kappa shape index (κ3) is 2.61. The zero-order valence-electron chi connectivity index (χ0n) is 11.6. The molecule has 0 saturated heterocycles. The van der Waals surface area contributed by atoms with Gasteiger partial charge in [-0.05, 0) is 5.92 Å². The van der Waals surface area contributed by atoms with Gasteiger partial charge in [-0.1, -0.05) is 58.9 Å². The summed E-state index contributed by atoms with van der Waals surface area (Å²) in [5, 5.41) is 0. The molecule has 1 aromatic carbocycles. The van der Waals surface area contributed by atoms with E-state index in [-0.39, 0.29) is 0 Å². The van der Waals surface area contributed by atoms with Gasteiger partial charge in [0.05, 0.1) is 0 Å². The van der Waals surface area contributed by atoms with Gasteiger partial charge in [0.1, 0.15) is 0 Å². The van der Waals surface area contributed by atoms with Crippen molar-refractivity contribution in [2.24, 2.45) is 0 Å². The molecule has 0 amide bonds. The van der Waals surface area contributed by atoms with Crippen LogP contribution >= 0.6 is 0 Å². The molecule has 0 aliphatic carbocycles. The maximum absolute atomic E-state index is 4.26. The normalized spacial score (nSPS) is 11.8. The molecule has 0 spiro atoms. The topological polar surface area (TPSA) is 0 Å². The van der Waals surface area contributed by atoms with Crippen molar-refractivity contribution in [3.63, 3.8) is 0 Å². The summed E-state index contributed by atoms with van der Waals surface area (Å²) >= 11 is 0. The second-order valence-corrected chi connectivity index (χ2v) is 5.64. The van der Waals surface area contributed by atoms with Gasteiger partial charge >= 0.3 is 0 Å². The fraction of sp³-hybridized carbons (Fsp3) is 0.562. The van der Waals surface area contributed by atoms with Gasteiger partial charge in [-0.15, -0.1) is 23.3 Å². The smallest absolute Gasteiger partial charge is 0.0239 e. The standard InChI is InChI=1S/C16H25/c1-10(2)14-8-15(11(3)4)13(7)16(9-14)12(5)6/h8-12H,7H2,1-6H3/q-1. The summed E-state index contributed by atoms with van der Waals surface area (Å²) in [5.74, 6) is 1.71. The molecule has 0 aliphatic heterocycles. The van der Waals surface area contributed by atoms with E-state index in [1.165, 1.54) is 22.3 Å². The summed E-state index contributed by atoms with van der Waals surface area (Å²) in [7, 11) is 0. The van der Waals surface area contributed by atoms with Crippen molar-refractivity contribution in [1.29, 1.82) is 0 Å². The molecule has 1 rings (SSSR count). The Morgan fingerprint density at radius 3 is 1.38 bits per heavy atom. The summed E-state index contributed by atoms with van der Waals surface area (Å²) in [5.41, 5.74) is 5.51. The lowest BCUT2D eigenvalue weighted by atomic mass is 9.85. The molecule has 0 saturated carbocycles. The third-order valence-electron chi connectivity index (χ3n) is 3.25. The largest absolute Gasteiger partial charge is 0.198 e. The van der Waals surface area contributed by atoms with E-state index in [9.17, 15) is 0 Å². The van der Waals surface area contributed by atoms with Crippen molar-refractivity contribution in [2.45, 2.75) is 59.3 Å². The third-order valence-corrected chi connectivity index (χ3v) is 3.25. The van der Waals surface area contributed by atoms with Crippen molar-refractivity contribution in [2.75, 3.05) is 0 Å². The van der Waals surface area contributed by atoms with Crippen molar-refractivity contribution in [3.05, 3.63) is 41.3 Å². The van der Waals surface area contributed by atoms with Crippen LogP contribution in [0.1, 0.15) is 81.5 Å². The fourth-order valence-electron chi connectivity index (χ4n) is 2.11. The van der Waals surface area contributed by atoms with E-state index in [0.717, 1.165) is 0 Å². The SMILES string of the molecule is [CH2-]c1c(C(C)C)cc(C(C)C)cc1C(C)C. The summed E-state index contributed by atoms with van der Waals surface area (Å²) in [6.45, 7) is 17.8. The highest BCUT2D eigenvalue weighted by molar-refractivity contribution is 5.45. The molecule has 90 valence electrons. The maximum atomic E-state index is 4.26. The van der Waals surface area contributed by atoms with Gasteiger partial charge in [0, 0.05) is 0 Å². The van der Waals surface area contributed by atoms with Crippen LogP contribution in [0.25, 0.3) is 0 Å². The predicted octanol–water partition coefficient (Wildman–Crippen LogP) is 5.24. The summed E-state index contributed by atoms with van der Waals surface area (Å²) < 4.78 is 0. The number of rotatable bonds is 3. The Kier molecular flexibility index (Phi) is 4.07. The molecule has 0 bridgehead atoms. The van der Waals surface area contributed by atoms with Crippen LogP contribution in [-0.4, -0.2) is 0 Å². The van der Waals surface area contributed by atoms with E-state index in [1.807, 2.05) is 0 Å². The molecule has 0 N–H and O–H groups in total. The second kappa shape index (κ2) is 4.95. The van der Waals surface area contributed by atoms with Crippen molar-refractivity contribution in [1.82, 2.24) is 0 Å². The van der Waals surface area contributed by atoms with Gasteiger partial charge in [0.2, 0.25) is 0 Å². The highest BCUT2D eigenvalue weighted by atomic mass is 14.2. The first-order chi connectivity index (χ1) is 7.34. The Balaban J connectivity index is 3.39. The highest BCUT2D eigenvalue weighted by Crippen LogP contribution is 2.31. The molecule has 0 nitrogen and oxygen atoms in total. The minimum atomic E-state index is 0.559. The van der Waals surface area contributed by atoms with Gasteiger partial charge in [0.25, 0.3) is 0 Å². The minimum Gasteiger partial charge on any atom is -0.198 e. The van der Waals surface area contributed by atoms with Crippen molar-refractivity contribution >= 4 is 0 Å². The van der Waals surface area contributed by atoms with E-state index in [2.05, 4.69) is 60.6 Å². The number of hydrogen-bond donors (Lipinski definition) is 0. The van der Waals surface area contributed by atoms with Crippen molar-refractivity contribution < 1.29 is 0 Å². The molecule has 0 heteroatoms. The van der Waals surface area contributed by atoms with E-state index in [4.69, 9.17) is 0 Å². The summed E-state index contributed by atoms with van der Waals surface area (Å²) in [6, 6.07) is 4.67. The molecule has 0 aliphatic rings. The Morgan fingerprint density at radius 2 is 1.12 bits per heavy atom. The molecule has 0 radical (unpaired) electrons. The van der Waals surface area contributed by atoms with Gasteiger partial charge in [0.15, 0.2) is 0 Å². The molecular weight excluding hydrogens is 192 g/mol. The van der Waals surface area contributed by atoms with E-state index in [0.29, 0.717) is 17.8 Å². The van der Waals surface area contributed by atoms with E-state index in [1.54, 1.807) is 0 Å². The molecule has 0 heterocycles. The lowest BCUT2D eigenvalue weighted by molar-refractivity contribution is 0.798. The molecule has 16 heavy (non-hydrogen) atoms. The Labute approximate surface area is 101 Å². The lowest BCUT2D eigenvalue weighted by Gasteiger charge is -2.27. The number of benzene rings is 1. The average Bonchev–Trinajstić information content (AvgIpc) is 2.16. The molecule has 0 aromatic heterocycles. The van der Waals surface area contributed by atoms with Crippen LogP contribution in [0.15, 0.2) is 12.1 Å². The molecule has 1 aromatic rings.